The summed E-state index contributed by atoms with van der Waals surface area (Å²) in [6.07, 6.45) is 6.59. The lowest BCUT2D eigenvalue weighted by Gasteiger charge is -2.41. The first kappa shape index (κ1) is 18.2. The third kappa shape index (κ3) is 6.46. The Labute approximate surface area is 141 Å². The van der Waals surface area contributed by atoms with Crippen molar-refractivity contribution >= 4 is 6.08 Å². The second kappa shape index (κ2) is 9.86. The molecular formula is C20H32N2O. The van der Waals surface area contributed by atoms with Crippen LogP contribution in [0.4, 0.5) is 0 Å². The molecule has 2 rings (SSSR count). The van der Waals surface area contributed by atoms with E-state index >= 15 is 0 Å². The lowest BCUT2D eigenvalue weighted by molar-refractivity contribution is 0.0621. The van der Waals surface area contributed by atoms with E-state index in [1.54, 1.807) is 0 Å². The van der Waals surface area contributed by atoms with Crippen molar-refractivity contribution in [1.82, 2.24) is 9.80 Å². The molecule has 0 radical (unpaired) electrons. The van der Waals surface area contributed by atoms with Crippen LogP contribution < -0.4 is 0 Å². The molecule has 1 fully saturated rings. The van der Waals surface area contributed by atoms with Gasteiger partial charge in [0.25, 0.3) is 0 Å². The lowest BCUT2D eigenvalue weighted by atomic mass is 10.1. The van der Waals surface area contributed by atoms with Gasteiger partial charge in [0, 0.05) is 38.8 Å². The summed E-state index contributed by atoms with van der Waals surface area (Å²) in [7, 11) is 0. The van der Waals surface area contributed by atoms with E-state index < -0.39 is 0 Å². The highest BCUT2D eigenvalue weighted by atomic mass is 16.3. The number of benzene rings is 1. The number of aliphatic hydroxyl groups is 1. The predicted molar refractivity (Wildman–Crippen MR) is 98.4 cm³/mol. The zero-order valence-corrected chi connectivity index (χ0v) is 14.7. The molecule has 1 atom stereocenters. The van der Waals surface area contributed by atoms with Crippen LogP contribution in [0.2, 0.25) is 0 Å². The Hall–Kier alpha value is -1.16. The highest BCUT2D eigenvalue weighted by molar-refractivity contribution is 5.48. The minimum atomic E-state index is 0.288. The van der Waals surface area contributed by atoms with Crippen molar-refractivity contribution in [2.24, 2.45) is 5.92 Å². The summed E-state index contributed by atoms with van der Waals surface area (Å²) in [5, 5.41) is 9.37. The van der Waals surface area contributed by atoms with Gasteiger partial charge in [-0.15, -0.1) is 0 Å². The molecule has 1 aromatic rings. The summed E-state index contributed by atoms with van der Waals surface area (Å²) < 4.78 is 0. The Bertz CT molecular complexity index is 458. The number of hydrogen-bond acceptors (Lipinski definition) is 3. The summed E-state index contributed by atoms with van der Waals surface area (Å²) in [4.78, 5) is 5.08. The molecule has 0 spiro atoms. The normalized spacial score (nSPS) is 20.6. The minimum absolute atomic E-state index is 0.288. The van der Waals surface area contributed by atoms with Crippen LogP contribution >= 0.6 is 0 Å². The average Bonchev–Trinajstić information content (AvgIpc) is 2.55. The van der Waals surface area contributed by atoms with Gasteiger partial charge in [0.15, 0.2) is 0 Å². The van der Waals surface area contributed by atoms with Crippen LogP contribution in [-0.2, 0) is 0 Å². The Morgan fingerprint density at radius 3 is 2.70 bits per heavy atom. The van der Waals surface area contributed by atoms with Crippen molar-refractivity contribution in [3.8, 4) is 0 Å². The van der Waals surface area contributed by atoms with Crippen LogP contribution in [0.15, 0.2) is 36.4 Å². The number of nitrogens with zero attached hydrogens (tertiary/aromatic N) is 2. The van der Waals surface area contributed by atoms with Crippen molar-refractivity contribution in [3.05, 3.63) is 42.0 Å². The van der Waals surface area contributed by atoms with E-state index in [0.717, 1.165) is 45.1 Å². The number of aliphatic hydroxyl groups excluding tert-OH is 1. The quantitative estimate of drug-likeness (QED) is 0.798. The monoisotopic (exact) mass is 316 g/mol. The molecule has 128 valence electrons. The maximum atomic E-state index is 9.37. The van der Waals surface area contributed by atoms with Crippen LogP contribution in [0.25, 0.3) is 6.08 Å². The summed E-state index contributed by atoms with van der Waals surface area (Å²) in [5.41, 5.74) is 1.26. The molecule has 1 aromatic carbocycles. The fourth-order valence-electron chi connectivity index (χ4n) is 3.17. The molecule has 0 aliphatic carbocycles. The van der Waals surface area contributed by atoms with Crippen LogP contribution in [-0.4, -0.2) is 60.3 Å². The van der Waals surface area contributed by atoms with Gasteiger partial charge >= 0.3 is 0 Å². The molecule has 0 saturated carbocycles. The molecule has 0 aromatic heterocycles. The Morgan fingerprint density at radius 1 is 1.22 bits per heavy atom. The maximum Gasteiger partial charge on any atom is 0.0446 e. The van der Waals surface area contributed by atoms with Gasteiger partial charge in [0.1, 0.15) is 0 Å². The topological polar surface area (TPSA) is 26.7 Å². The van der Waals surface area contributed by atoms with Gasteiger partial charge in [-0.1, -0.05) is 56.3 Å². The predicted octanol–water partition coefficient (Wildman–Crippen LogP) is 3.11. The molecule has 0 bridgehead atoms. The van der Waals surface area contributed by atoms with Crippen LogP contribution in [0.1, 0.15) is 32.3 Å². The van der Waals surface area contributed by atoms with E-state index in [9.17, 15) is 5.11 Å². The van der Waals surface area contributed by atoms with Gasteiger partial charge < -0.3 is 5.11 Å². The summed E-state index contributed by atoms with van der Waals surface area (Å²) >= 11 is 0. The second-order valence-electron chi connectivity index (χ2n) is 6.96. The molecule has 1 heterocycles. The maximum absolute atomic E-state index is 9.37. The van der Waals surface area contributed by atoms with E-state index in [4.69, 9.17) is 0 Å². The smallest absolute Gasteiger partial charge is 0.0446 e. The first-order valence-corrected chi connectivity index (χ1v) is 8.98. The Kier molecular flexibility index (Phi) is 7.80. The molecule has 0 amide bonds. The van der Waals surface area contributed by atoms with Crippen molar-refractivity contribution < 1.29 is 5.11 Å². The standard InChI is InChI=1S/C20H32N2O/c1-18(2)10-13-22-15-14-21(17-20(22)11-16-23)12-6-9-19-7-4-3-5-8-19/h3-9,18,20,23H,10-17H2,1-2H3/b9-6+. The van der Waals surface area contributed by atoms with Crippen LogP contribution in [0.5, 0.6) is 0 Å². The molecule has 1 aliphatic rings. The van der Waals surface area contributed by atoms with Crippen LogP contribution in [0, 0.1) is 5.92 Å². The SMILES string of the molecule is CC(C)CCN1CCN(C/C=C/c2ccccc2)CC1CCO. The largest absolute Gasteiger partial charge is 0.396 e. The van der Waals surface area contributed by atoms with Crippen molar-refractivity contribution in [3.63, 3.8) is 0 Å². The van der Waals surface area contributed by atoms with Gasteiger partial charge in [-0.25, -0.2) is 0 Å². The summed E-state index contributed by atoms with van der Waals surface area (Å²) in [6, 6.07) is 11.0. The average molecular weight is 316 g/mol. The Morgan fingerprint density at radius 2 is 2.00 bits per heavy atom. The fourth-order valence-corrected chi connectivity index (χ4v) is 3.17. The third-order valence-electron chi connectivity index (χ3n) is 4.62. The minimum Gasteiger partial charge on any atom is -0.396 e. The lowest BCUT2D eigenvalue weighted by Crippen LogP contribution is -2.53. The van der Waals surface area contributed by atoms with Gasteiger partial charge in [-0.3, -0.25) is 9.80 Å². The highest BCUT2D eigenvalue weighted by Gasteiger charge is 2.25. The van der Waals surface area contributed by atoms with E-state index in [2.05, 4.69) is 60.1 Å². The van der Waals surface area contributed by atoms with E-state index in [0.29, 0.717) is 6.04 Å². The first-order chi connectivity index (χ1) is 11.2. The zero-order valence-electron chi connectivity index (χ0n) is 14.7. The van der Waals surface area contributed by atoms with E-state index in [1.807, 2.05) is 6.07 Å². The van der Waals surface area contributed by atoms with Gasteiger partial charge in [-0.05, 0) is 30.9 Å². The molecule has 1 saturated heterocycles. The molecule has 1 unspecified atom stereocenters. The number of rotatable bonds is 8. The van der Waals surface area contributed by atoms with Gasteiger partial charge in [-0.2, -0.15) is 0 Å². The van der Waals surface area contributed by atoms with Crippen LogP contribution in [0.3, 0.4) is 0 Å². The molecule has 1 N–H and O–H groups in total. The number of hydrogen-bond donors (Lipinski definition) is 1. The summed E-state index contributed by atoms with van der Waals surface area (Å²) in [5.74, 6) is 0.747. The Balaban J connectivity index is 1.82. The van der Waals surface area contributed by atoms with E-state index in [1.165, 1.54) is 12.0 Å². The van der Waals surface area contributed by atoms with Crippen molar-refractivity contribution in [2.45, 2.75) is 32.7 Å². The van der Waals surface area contributed by atoms with Gasteiger partial charge in [0.05, 0.1) is 0 Å². The van der Waals surface area contributed by atoms with Crippen molar-refractivity contribution in [1.29, 1.82) is 0 Å². The zero-order chi connectivity index (χ0) is 16.5. The fraction of sp³-hybridized carbons (Fsp3) is 0.600. The molecule has 3 nitrogen and oxygen atoms in total. The third-order valence-corrected chi connectivity index (χ3v) is 4.62. The molecule has 3 heteroatoms. The second-order valence-corrected chi connectivity index (χ2v) is 6.96. The highest BCUT2D eigenvalue weighted by Crippen LogP contribution is 2.15. The molecule has 1 aliphatic heterocycles. The molecule has 23 heavy (non-hydrogen) atoms. The first-order valence-electron chi connectivity index (χ1n) is 8.98. The number of piperazine rings is 1. The summed E-state index contributed by atoms with van der Waals surface area (Å²) in [6.45, 7) is 10.3. The molecular weight excluding hydrogens is 284 g/mol. The van der Waals surface area contributed by atoms with E-state index in [-0.39, 0.29) is 6.61 Å². The van der Waals surface area contributed by atoms with Gasteiger partial charge in [0.2, 0.25) is 0 Å². The van der Waals surface area contributed by atoms with Crippen molar-refractivity contribution in [2.75, 3.05) is 39.3 Å².